The van der Waals surface area contributed by atoms with Crippen molar-refractivity contribution in [2.75, 3.05) is 26.2 Å². The van der Waals surface area contributed by atoms with Crippen LogP contribution in [0.25, 0.3) is 11.0 Å². The Hall–Kier alpha value is -3.77. The van der Waals surface area contributed by atoms with Crippen LogP contribution in [0.4, 0.5) is 13.2 Å². The molecule has 5 heterocycles. The average molecular weight is 596 g/mol. The number of hydrogen-bond acceptors (Lipinski definition) is 7. The van der Waals surface area contributed by atoms with Gasteiger partial charge in [-0.1, -0.05) is 17.3 Å². The average Bonchev–Trinajstić information content (AvgIpc) is 3.53. The van der Waals surface area contributed by atoms with Crippen molar-refractivity contribution in [2.24, 2.45) is 0 Å². The molecule has 0 radical (unpaired) electrons. The van der Waals surface area contributed by atoms with Gasteiger partial charge in [0.25, 0.3) is 11.8 Å². The van der Waals surface area contributed by atoms with Crippen molar-refractivity contribution in [3.05, 3.63) is 64.6 Å². The summed E-state index contributed by atoms with van der Waals surface area (Å²) >= 11 is 0. The molecule has 2 aromatic carbocycles. The van der Waals surface area contributed by atoms with Crippen molar-refractivity contribution >= 4 is 28.7 Å². The Morgan fingerprint density at radius 2 is 1.81 bits per heavy atom. The fourth-order valence-electron chi connectivity index (χ4n) is 7.28. The summed E-state index contributed by atoms with van der Waals surface area (Å²) in [4.78, 5) is 42.0. The molecule has 4 aliphatic rings. The molecule has 12 heteroatoms. The number of alkyl halides is 2. The number of carbonyl (C=O) groups excluding carboxylic acids is 3. The molecule has 0 saturated carbocycles. The highest BCUT2D eigenvalue weighted by Gasteiger charge is 2.48. The Labute approximate surface area is 245 Å². The summed E-state index contributed by atoms with van der Waals surface area (Å²) < 4.78 is 50.0. The molecule has 226 valence electrons. The van der Waals surface area contributed by atoms with E-state index in [4.69, 9.17) is 4.52 Å². The molecule has 3 amide bonds. The van der Waals surface area contributed by atoms with Crippen molar-refractivity contribution < 1.29 is 32.1 Å². The van der Waals surface area contributed by atoms with E-state index in [0.29, 0.717) is 56.6 Å². The Bertz CT molecular complexity index is 1600. The van der Waals surface area contributed by atoms with Crippen molar-refractivity contribution in [3.63, 3.8) is 0 Å². The molecule has 1 N–H and O–H groups in total. The number of likely N-dealkylation sites (tertiary alicyclic amines) is 2. The van der Waals surface area contributed by atoms with Gasteiger partial charge in [-0.3, -0.25) is 29.5 Å². The summed E-state index contributed by atoms with van der Waals surface area (Å²) in [6.45, 7) is 1.83. The SMILES string of the molecule is O=C1CCC(N2Cc3cc(CN4CCC(N5CCC(c6noc7cc(F)ccc67)CC5)C(F)(F)C4)ccc3C2=O)C(=O)N1. The van der Waals surface area contributed by atoms with E-state index in [-0.39, 0.29) is 49.5 Å². The van der Waals surface area contributed by atoms with Crippen LogP contribution in [0, 0.1) is 5.82 Å². The molecule has 0 aliphatic carbocycles. The van der Waals surface area contributed by atoms with Crippen LogP contribution in [0.2, 0.25) is 0 Å². The number of hydrogen-bond donors (Lipinski definition) is 1. The minimum Gasteiger partial charge on any atom is -0.356 e. The lowest BCUT2D eigenvalue weighted by Crippen LogP contribution is -2.59. The Balaban J connectivity index is 0.959. The first-order valence-electron chi connectivity index (χ1n) is 14.8. The Morgan fingerprint density at radius 3 is 2.58 bits per heavy atom. The van der Waals surface area contributed by atoms with E-state index in [9.17, 15) is 18.8 Å². The second-order valence-electron chi connectivity index (χ2n) is 12.2. The minimum absolute atomic E-state index is 0.0780. The van der Waals surface area contributed by atoms with Gasteiger partial charge in [0.2, 0.25) is 11.8 Å². The van der Waals surface area contributed by atoms with Crippen LogP contribution in [-0.2, 0) is 22.7 Å². The van der Waals surface area contributed by atoms with Gasteiger partial charge < -0.3 is 9.42 Å². The van der Waals surface area contributed by atoms with E-state index in [1.807, 2.05) is 11.0 Å². The number of benzene rings is 2. The van der Waals surface area contributed by atoms with Gasteiger partial charge in [-0.25, -0.2) is 13.2 Å². The van der Waals surface area contributed by atoms with Crippen LogP contribution in [0.5, 0.6) is 0 Å². The second kappa shape index (κ2) is 10.7. The van der Waals surface area contributed by atoms with Gasteiger partial charge in [-0.2, -0.15) is 0 Å². The van der Waals surface area contributed by atoms with Crippen LogP contribution in [0.1, 0.15) is 65.2 Å². The molecule has 7 rings (SSSR count). The van der Waals surface area contributed by atoms with Crippen LogP contribution in [0.15, 0.2) is 40.9 Å². The van der Waals surface area contributed by atoms with E-state index < -0.39 is 23.9 Å². The van der Waals surface area contributed by atoms with Crippen molar-refractivity contribution in [1.82, 2.24) is 25.2 Å². The summed E-state index contributed by atoms with van der Waals surface area (Å²) in [6.07, 6.45) is 2.18. The topological polar surface area (TPSA) is 99.0 Å². The molecule has 2 unspecified atom stereocenters. The molecular weight excluding hydrogens is 563 g/mol. The molecule has 0 bridgehead atoms. The largest absolute Gasteiger partial charge is 0.356 e. The highest BCUT2D eigenvalue weighted by atomic mass is 19.3. The van der Waals surface area contributed by atoms with Gasteiger partial charge in [0, 0.05) is 49.0 Å². The number of piperidine rings is 3. The quantitative estimate of drug-likeness (QED) is 0.448. The first-order chi connectivity index (χ1) is 20.7. The zero-order chi connectivity index (χ0) is 29.9. The van der Waals surface area contributed by atoms with Gasteiger partial charge in [0.15, 0.2) is 5.58 Å². The van der Waals surface area contributed by atoms with Gasteiger partial charge in [0.1, 0.15) is 11.9 Å². The molecule has 43 heavy (non-hydrogen) atoms. The van der Waals surface area contributed by atoms with E-state index in [1.54, 1.807) is 23.1 Å². The van der Waals surface area contributed by atoms with Crippen molar-refractivity contribution in [3.8, 4) is 0 Å². The van der Waals surface area contributed by atoms with Crippen LogP contribution < -0.4 is 5.32 Å². The van der Waals surface area contributed by atoms with Crippen LogP contribution in [0.3, 0.4) is 0 Å². The lowest BCUT2D eigenvalue weighted by Gasteiger charge is -2.45. The summed E-state index contributed by atoms with van der Waals surface area (Å²) in [6, 6.07) is 8.20. The predicted molar refractivity (Wildman–Crippen MR) is 149 cm³/mol. The monoisotopic (exact) mass is 595 g/mol. The third-order valence-electron chi connectivity index (χ3n) is 9.45. The second-order valence-corrected chi connectivity index (χ2v) is 12.2. The normalized spacial score (nSPS) is 25.4. The molecule has 3 fully saturated rings. The Morgan fingerprint density at radius 1 is 1.00 bits per heavy atom. The maximum Gasteiger partial charge on any atom is 0.275 e. The smallest absolute Gasteiger partial charge is 0.275 e. The first kappa shape index (κ1) is 28.0. The van der Waals surface area contributed by atoms with Gasteiger partial charge >= 0.3 is 0 Å². The molecule has 3 saturated heterocycles. The summed E-state index contributed by atoms with van der Waals surface area (Å²) in [7, 11) is 0. The number of rotatable bonds is 5. The van der Waals surface area contributed by atoms with Gasteiger partial charge in [-0.05, 0) is 68.1 Å². The molecular formula is C31H32F3N5O4. The maximum absolute atomic E-state index is 15.6. The summed E-state index contributed by atoms with van der Waals surface area (Å²) in [5.74, 6) is -4.25. The third kappa shape index (κ3) is 5.20. The fraction of sp³-hybridized carbons (Fsp3) is 0.484. The van der Waals surface area contributed by atoms with Crippen LogP contribution >= 0.6 is 0 Å². The highest BCUT2D eigenvalue weighted by molar-refractivity contribution is 6.05. The molecule has 9 nitrogen and oxygen atoms in total. The van der Waals surface area contributed by atoms with E-state index >= 15 is 8.78 Å². The van der Waals surface area contributed by atoms with Gasteiger partial charge in [-0.15, -0.1) is 0 Å². The zero-order valence-electron chi connectivity index (χ0n) is 23.5. The maximum atomic E-state index is 15.6. The van der Waals surface area contributed by atoms with Gasteiger partial charge in [0.05, 0.1) is 18.3 Å². The number of imide groups is 1. The lowest BCUT2D eigenvalue weighted by atomic mass is 9.89. The first-order valence-corrected chi connectivity index (χ1v) is 14.8. The zero-order valence-corrected chi connectivity index (χ0v) is 23.5. The minimum atomic E-state index is -2.89. The summed E-state index contributed by atoms with van der Waals surface area (Å²) in [5, 5.41) is 7.24. The predicted octanol–water partition coefficient (Wildman–Crippen LogP) is 3.82. The lowest BCUT2D eigenvalue weighted by molar-refractivity contribution is -0.137. The molecule has 3 aromatic rings. The third-order valence-corrected chi connectivity index (χ3v) is 9.45. The standard InChI is InChI=1S/C31H32F3N5O4/c32-21-2-4-23-25(14-21)43-36-28(23)19-7-11-38(12-8-19)26-9-10-37(17-31(26,33)34)15-18-1-3-22-20(13-18)16-39(30(22)42)24-5-6-27(40)35-29(24)41/h1-4,13-14,19,24,26H,5-12,15-17H2,(H,35,40,41). The summed E-state index contributed by atoms with van der Waals surface area (Å²) in [5.41, 5.74) is 3.28. The van der Waals surface area contributed by atoms with E-state index in [2.05, 4.69) is 10.5 Å². The van der Waals surface area contributed by atoms with Crippen molar-refractivity contribution in [2.45, 2.75) is 69.1 Å². The Kier molecular flexibility index (Phi) is 7.00. The number of nitrogens with zero attached hydrogens (tertiary/aromatic N) is 4. The fourth-order valence-corrected chi connectivity index (χ4v) is 7.28. The van der Waals surface area contributed by atoms with Crippen LogP contribution in [-0.4, -0.2) is 81.8 Å². The molecule has 0 spiro atoms. The van der Waals surface area contributed by atoms with E-state index in [0.717, 1.165) is 22.2 Å². The molecule has 4 aliphatic heterocycles. The van der Waals surface area contributed by atoms with E-state index in [1.165, 1.54) is 17.0 Å². The number of carbonyl (C=O) groups is 3. The molecule has 2 atom stereocenters. The highest BCUT2D eigenvalue weighted by Crippen LogP contribution is 2.38. The molecule has 1 aromatic heterocycles. The number of halogens is 3. The number of nitrogens with one attached hydrogen (secondary N) is 1. The number of amides is 3. The van der Waals surface area contributed by atoms with Crippen molar-refractivity contribution in [1.29, 1.82) is 0 Å². The number of aromatic nitrogens is 1. The number of fused-ring (bicyclic) bond motifs is 2.